The minimum atomic E-state index is -0.379. The average molecular weight is 373 g/mol. The van der Waals surface area contributed by atoms with Gasteiger partial charge in [0.2, 0.25) is 11.8 Å². The minimum absolute atomic E-state index is 0.0622. The quantitative estimate of drug-likeness (QED) is 0.875. The van der Waals surface area contributed by atoms with E-state index in [9.17, 15) is 9.59 Å². The van der Waals surface area contributed by atoms with Crippen LogP contribution >= 0.6 is 11.6 Å². The summed E-state index contributed by atoms with van der Waals surface area (Å²) >= 11 is 6.16. The Morgan fingerprint density at radius 2 is 2.04 bits per heavy atom. The molecule has 2 aromatic rings. The molecule has 0 spiro atoms. The molecule has 0 unspecified atom stereocenters. The van der Waals surface area contributed by atoms with Crippen molar-refractivity contribution in [2.24, 2.45) is 5.92 Å². The van der Waals surface area contributed by atoms with Gasteiger partial charge in [-0.15, -0.1) is 0 Å². The Morgan fingerprint density at radius 3 is 2.81 bits per heavy atom. The molecular weight excluding hydrogens is 352 g/mol. The molecule has 2 amide bonds. The van der Waals surface area contributed by atoms with E-state index in [2.05, 4.69) is 5.32 Å². The zero-order valence-corrected chi connectivity index (χ0v) is 15.5. The van der Waals surface area contributed by atoms with Gasteiger partial charge in [-0.25, -0.2) is 0 Å². The standard InChI is InChI=1S/C20H21ClN2O3/c1-13-16(21)7-5-8-17(13)23-12-15(10-19(23)24)20(25)22-11-14-6-3-4-9-18(14)26-2/h3-9,15H,10-12H2,1-2H3,(H,22,25)/t15-/m1/s1. The zero-order valence-electron chi connectivity index (χ0n) is 14.8. The Morgan fingerprint density at radius 1 is 1.27 bits per heavy atom. The fourth-order valence-corrected chi connectivity index (χ4v) is 3.35. The predicted molar refractivity (Wildman–Crippen MR) is 101 cm³/mol. The van der Waals surface area contributed by atoms with Gasteiger partial charge in [0.15, 0.2) is 0 Å². The molecule has 0 radical (unpaired) electrons. The van der Waals surface area contributed by atoms with Crippen LogP contribution in [-0.2, 0) is 16.1 Å². The third-order valence-corrected chi connectivity index (χ3v) is 5.08. The number of hydrogen-bond donors (Lipinski definition) is 1. The fraction of sp³-hybridized carbons (Fsp3) is 0.300. The Hall–Kier alpha value is -2.53. The van der Waals surface area contributed by atoms with Gasteiger partial charge >= 0.3 is 0 Å². The first-order chi connectivity index (χ1) is 12.5. The van der Waals surface area contributed by atoms with Crippen molar-refractivity contribution in [2.45, 2.75) is 19.9 Å². The van der Waals surface area contributed by atoms with Crippen molar-refractivity contribution < 1.29 is 14.3 Å². The molecule has 0 aromatic heterocycles. The van der Waals surface area contributed by atoms with Crippen LogP contribution in [0.25, 0.3) is 0 Å². The molecule has 1 heterocycles. The molecule has 1 fully saturated rings. The van der Waals surface area contributed by atoms with E-state index in [1.54, 1.807) is 18.1 Å². The summed E-state index contributed by atoms with van der Waals surface area (Å²) in [6.45, 7) is 2.60. The molecule has 1 atom stereocenters. The number of nitrogens with one attached hydrogen (secondary N) is 1. The lowest BCUT2D eigenvalue weighted by molar-refractivity contribution is -0.126. The fourth-order valence-electron chi connectivity index (χ4n) is 3.18. The molecule has 0 aliphatic carbocycles. The van der Waals surface area contributed by atoms with Crippen molar-refractivity contribution in [3.05, 3.63) is 58.6 Å². The van der Waals surface area contributed by atoms with Gasteiger partial charge in [-0.3, -0.25) is 9.59 Å². The predicted octanol–water partition coefficient (Wildman–Crippen LogP) is 3.33. The van der Waals surface area contributed by atoms with Crippen LogP contribution in [0.1, 0.15) is 17.5 Å². The van der Waals surface area contributed by atoms with Crippen LogP contribution in [-0.4, -0.2) is 25.5 Å². The first-order valence-electron chi connectivity index (χ1n) is 8.46. The van der Waals surface area contributed by atoms with E-state index in [1.165, 1.54) is 0 Å². The summed E-state index contributed by atoms with van der Waals surface area (Å²) in [7, 11) is 1.60. The molecule has 0 bridgehead atoms. The number of hydrogen-bond acceptors (Lipinski definition) is 3. The number of halogens is 1. The number of benzene rings is 2. The summed E-state index contributed by atoms with van der Waals surface area (Å²) in [5.74, 6) is 0.154. The van der Waals surface area contributed by atoms with Gasteiger partial charge in [-0.2, -0.15) is 0 Å². The van der Waals surface area contributed by atoms with Gasteiger partial charge in [-0.1, -0.05) is 35.9 Å². The molecule has 3 rings (SSSR count). The first kappa shape index (κ1) is 18.3. The van der Waals surface area contributed by atoms with Crippen LogP contribution in [0.3, 0.4) is 0 Å². The molecule has 1 aliphatic rings. The lowest BCUT2D eigenvalue weighted by Crippen LogP contribution is -2.32. The van der Waals surface area contributed by atoms with Crippen molar-refractivity contribution in [1.29, 1.82) is 0 Å². The molecule has 136 valence electrons. The van der Waals surface area contributed by atoms with E-state index in [4.69, 9.17) is 16.3 Å². The minimum Gasteiger partial charge on any atom is -0.496 e. The molecule has 2 aromatic carbocycles. The highest BCUT2D eigenvalue weighted by atomic mass is 35.5. The lowest BCUT2D eigenvalue weighted by Gasteiger charge is -2.19. The van der Waals surface area contributed by atoms with Crippen molar-refractivity contribution in [3.8, 4) is 5.75 Å². The van der Waals surface area contributed by atoms with Gasteiger partial charge in [0.1, 0.15) is 5.75 Å². The Bertz CT molecular complexity index is 838. The molecule has 5 nitrogen and oxygen atoms in total. The number of para-hydroxylation sites is 1. The van der Waals surface area contributed by atoms with E-state index in [1.807, 2.05) is 43.3 Å². The number of rotatable bonds is 5. The second-order valence-electron chi connectivity index (χ2n) is 6.32. The Labute approximate surface area is 157 Å². The van der Waals surface area contributed by atoms with E-state index < -0.39 is 0 Å². The van der Waals surface area contributed by atoms with Crippen LogP contribution in [0.2, 0.25) is 5.02 Å². The zero-order chi connectivity index (χ0) is 18.7. The van der Waals surface area contributed by atoms with Crippen LogP contribution in [0.4, 0.5) is 5.69 Å². The molecule has 1 N–H and O–H groups in total. The third-order valence-electron chi connectivity index (χ3n) is 4.67. The smallest absolute Gasteiger partial charge is 0.227 e. The summed E-state index contributed by atoms with van der Waals surface area (Å²) in [6.07, 6.45) is 0.198. The second kappa shape index (κ2) is 7.79. The largest absolute Gasteiger partial charge is 0.496 e. The van der Waals surface area contributed by atoms with Crippen molar-refractivity contribution in [3.63, 3.8) is 0 Å². The van der Waals surface area contributed by atoms with Gasteiger partial charge < -0.3 is 15.0 Å². The highest BCUT2D eigenvalue weighted by Crippen LogP contribution is 2.31. The number of carbonyl (C=O) groups is 2. The van der Waals surface area contributed by atoms with E-state index in [0.29, 0.717) is 18.1 Å². The molecule has 26 heavy (non-hydrogen) atoms. The molecule has 1 aliphatic heterocycles. The lowest BCUT2D eigenvalue weighted by atomic mass is 10.1. The second-order valence-corrected chi connectivity index (χ2v) is 6.73. The SMILES string of the molecule is COc1ccccc1CNC(=O)[C@@H]1CC(=O)N(c2cccc(Cl)c2C)C1. The van der Waals surface area contributed by atoms with Crippen LogP contribution < -0.4 is 15.0 Å². The number of ether oxygens (including phenoxy) is 1. The van der Waals surface area contributed by atoms with E-state index in [-0.39, 0.29) is 24.2 Å². The highest BCUT2D eigenvalue weighted by molar-refractivity contribution is 6.31. The molecule has 6 heteroatoms. The third kappa shape index (κ3) is 3.68. The van der Waals surface area contributed by atoms with Crippen LogP contribution in [0.15, 0.2) is 42.5 Å². The number of amides is 2. The van der Waals surface area contributed by atoms with Gasteiger partial charge in [0, 0.05) is 35.8 Å². The number of carbonyl (C=O) groups excluding carboxylic acids is 2. The highest BCUT2D eigenvalue weighted by Gasteiger charge is 2.35. The summed E-state index contributed by atoms with van der Waals surface area (Å²) < 4.78 is 5.29. The summed E-state index contributed by atoms with van der Waals surface area (Å²) in [5, 5.41) is 3.52. The Kier molecular flexibility index (Phi) is 5.47. The summed E-state index contributed by atoms with van der Waals surface area (Å²) in [4.78, 5) is 26.6. The molecule has 1 saturated heterocycles. The maximum absolute atomic E-state index is 12.5. The van der Waals surface area contributed by atoms with Crippen LogP contribution in [0, 0.1) is 12.8 Å². The average Bonchev–Trinajstić information content (AvgIpc) is 3.04. The monoisotopic (exact) mass is 372 g/mol. The maximum atomic E-state index is 12.5. The number of nitrogens with zero attached hydrogens (tertiary/aromatic N) is 1. The van der Waals surface area contributed by atoms with Crippen molar-refractivity contribution in [1.82, 2.24) is 5.32 Å². The first-order valence-corrected chi connectivity index (χ1v) is 8.84. The van der Waals surface area contributed by atoms with Crippen molar-refractivity contribution >= 4 is 29.1 Å². The van der Waals surface area contributed by atoms with E-state index in [0.717, 1.165) is 22.6 Å². The summed E-state index contributed by atoms with van der Waals surface area (Å²) in [5.41, 5.74) is 2.51. The Balaban J connectivity index is 1.66. The summed E-state index contributed by atoms with van der Waals surface area (Å²) in [6, 6.07) is 13.0. The van der Waals surface area contributed by atoms with E-state index >= 15 is 0 Å². The molecule has 0 saturated carbocycles. The van der Waals surface area contributed by atoms with Crippen molar-refractivity contribution in [2.75, 3.05) is 18.6 Å². The van der Waals surface area contributed by atoms with Gasteiger partial charge in [0.05, 0.1) is 13.0 Å². The maximum Gasteiger partial charge on any atom is 0.227 e. The molecular formula is C20H21ClN2O3. The van der Waals surface area contributed by atoms with Crippen LogP contribution in [0.5, 0.6) is 5.75 Å². The normalized spacial score (nSPS) is 16.7. The number of methoxy groups -OCH3 is 1. The number of anilines is 1. The van der Waals surface area contributed by atoms with Gasteiger partial charge in [-0.05, 0) is 30.7 Å². The van der Waals surface area contributed by atoms with Gasteiger partial charge in [0.25, 0.3) is 0 Å². The topological polar surface area (TPSA) is 58.6 Å².